The van der Waals surface area contributed by atoms with Gasteiger partial charge in [-0.2, -0.15) is 0 Å². The molecule has 28 heavy (non-hydrogen) atoms. The summed E-state index contributed by atoms with van der Waals surface area (Å²) in [6.07, 6.45) is 9.30. The number of hydrogen-bond donors (Lipinski definition) is 0. The summed E-state index contributed by atoms with van der Waals surface area (Å²) in [4.78, 5) is 0. The Kier molecular flexibility index (Phi) is 15.8. The van der Waals surface area contributed by atoms with Gasteiger partial charge < -0.3 is 0 Å². The average Bonchev–Trinajstić information content (AvgIpc) is 2.45. The Hall–Kier alpha value is 2.75. The van der Waals surface area contributed by atoms with Crippen molar-refractivity contribution in [2.75, 3.05) is 0 Å². The fourth-order valence-electron chi connectivity index (χ4n) is 1.29. The number of rotatable bonds is 6. The van der Waals surface area contributed by atoms with Gasteiger partial charge in [-0.25, -0.2) is 0 Å². The maximum atomic E-state index is 2.50. The van der Waals surface area contributed by atoms with Crippen LogP contribution >= 0.6 is 90.4 Å². The van der Waals surface area contributed by atoms with Gasteiger partial charge in [-0.05, 0) is 12.8 Å². The molecule has 0 aliphatic heterocycles. The van der Waals surface area contributed by atoms with Crippen LogP contribution in [0.3, 0.4) is 0 Å². The molecule has 8 heteroatoms. The largest absolute Gasteiger partial charge is 0.0854 e. The minimum absolute atomic E-state index is 1.07. The van der Waals surface area contributed by atoms with E-state index in [9.17, 15) is 0 Å². The maximum Gasteiger partial charge on any atom is 0.0854 e. The van der Waals surface area contributed by atoms with Gasteiger partial charge in [0.05, 0.1) is 32.3 Å². The molecule has 0 unspecified atom stereocenters. The minimum Gasteiger partial charge on any atom is -0.0652 e. The molecule has 0 aliphatic carbocycles. The Morgan fingerprint density at radius 1 is 0.357 bits per heavy atom. The second kappa shape index (κ2) is 13.5. The van der Waals surface area contributed by atoms with Crippen LogP contribution in [-0.4, -0.2) is 32.3 Å². The van der Waals surface area contributed by atoms with Gasteiger partial charge in [-0.1, -0.05) is 193 Å². The van der Waals surface area contributed by atoms with Crippen molar-refractivity contribution in [3.63, 3.8) is 0 Å². The summed E-state index contributed by atoms with van der Waals surface area (Å²) in [5.41, 5.74) is 0. The highest BCUT2D eigenvalue weighted by molar-refractivity contribution is 14.1. The predicted octanol–water partition coefficient (Wildman–Crippen LogP) is 10.8. The smallest absolute Gasteiger partial charge is 0.0652 e. The van der Waals surface area contributed by atoms with E-state index < -0.39 is 32.3 Å². The quantitative estimate of drug-likeness (QED) is 0.142. The van der Waals surface area contributed by atoms with Gasteiger partial charge in [-0.15, -0.1) is 0 Å². The van der Waals surface area contributed by atoms with E-state index in [0.29, 0.717) is 0 Å². The van der Waals surface area contributed by atoms with Crippen molar-refractivity contribution in [2.24, 2.45) is 0 Å². The Morgan fingerprint density at radius 2 is 0.464 bits per heavy atom. The summed E-state index contributed by atoms with van der Waals surface area (Å²) in [6.45, 7) is 28.7. The van der Waals surface area contributed by atoms with Crippen molar-refractivity contribution in [3.8, 4) is 0 Å². The van der Waals surface area contributed by atoms with E-state index >= 15 is 0 Å². The second-order valence-corrected chi connectivity index (χ2v) is 39.9. The maximum absolute atomic E-state index is 2.50. The minimum atomic E-state index is -1.07. The molecule has 0 bridgehead atoms. The summed E-state index contributed by atoms with van der Waals surface area (Å²) < 4.78 is 6.23. The lowest BCUT2D eigenvalue weighted by molar-refractivity contribution is 1.73. The van der Waals surface area contributed by atoms with Gasteiger partial charge in [0.25, 0.3) is 0 Å². The van der Waals surface area contributed by atoms with E-state index in [0.717, 1.165) is 0 Å². The monoisotopic (exact) mass is 900 g/mol. The Morgan fingerprint density at radius 3 is 0.536 bits per heavy atom. The molecule has 0 amide bonds. The zero-order valence-corrected chi connectivity index (χ0v) is 32.5. The third-order valence-electron chi connectivity index (χ3n) is 3.62. The summed E-state index contributed by atoms with van der Waals surface area (Å²) in [6, 6.07) is 0. The molecule has 164 valence electrons. The van der Waals surface area contributed by atoms with Crippen LogP contribution in [-0.2, 0) is 0 Å². The lowest BCUT2D eigenvalue weighted by Gasteiger charge is -2.16. The second-order valence-electron chi connectivity index (χ2n) is 11.1. The van der Waals surface area contributed by atoms with Crippen molar-refractivity contribution < 1.29 is 0 Å². The van der Waals surface area contributed by atoms with Crippen LogP contribution in [0.2, 0.25) is 78.6 Å². The molecule has 0 aromatic rings. The zero-order valence-electron chi connectivity index (χ0n) is 19.8. The third kappa shape index (κ3) is 16.4. The number of allylic oxidation sites excluding steroid dienone is 4. The lowest BCUT2D eigenvalue weighted by Crippen LogP contribution is -2.21. The van der Waals surface area contributed by atoms with Crippen molar-refractivity contribution in [3.05, 3.63) is 37.1 Å². The van der Waals surface area contributed by atoms with Crippen LogP contribution in [0.15, 0.2) is 37.1 Å². The van der Waals surface area contributed by atoms with E-state index in [1.54, 1.807) is 12.8 Å². The summed E-state index contributed by atoms with van der Waals surface area (Å²) in [5.74, 6) is 0. The van der Waals surface area contributed by atoms with Crippen molar-refractivity contribution in [1.29, 1.82) is 0 Å². The van der Waals surface area contributed by atoms with E-state index in [4.69, 9.17) is 0 Å². The average molecular weight is 900 g/mol. The molecule has 0 nitrogen and oxygen atoms in total. The Labute approximate surface area is 234 Å². The standard InChI is InChI=1S/2C10H20I2Si2/c2*1-13(2,3)9(11)7-8-10(12)14(4,5)6/h2*7-8H,1-6H3/b2*9-7+,10-8+. The molecule has 0 aromatic heterocycles. The summed E-state index contributed by atoms with van der Waals surface area (Å²) in [7, 11) is -4.29. The number of halogens is 4. The fourth-order valence-corrected chi connectivity index (χ4v) is 4.35. The molecule has 0 fully saturated rings. The van der Waals surface area contributed by atoms with E-state index in [-0.39, 0.29) is 0 Å². The first-order valence-corrected chi connectivity index (χ1v) is 27.9. The Balaban J connectivity index is 0. The first kappa shape index (κ1) is 32.9. The first-order chi connectivity index (χ1) is 12.1. The van der Waals surface area contributed by atoms with Crippen LogP contribution in [0.4, 0.5) is 0 Å². The van der Waals surface area contributed by atoms with Crippen molar-refractivity contribution in [1.82, 2.24) is 0 Å². The molecule has 0 N–H and O–H groups in total. The van der Waals surface area contributed by atoms with Gasteiger partial charge in [0.2, 0.25) is 0 Å². The molecular formula is C20H40I4Si4. The Bertz CT molecular complexity index is 509. The zero-order chi connectivity index (χ0) is 23.1. The van der Waals surface area contributed by atoms with Gasteiger partial charge in [0.1, 0.15) is 0 Å². The molecule has 0 radical (unpaired) electrons. The van der Waals surface area contributed by atoms with Crippen LogP contribution in [0.5, 0.6) is 0 Å². The molecule has 0 aromatic carbocycles. The SMILES string of the molecule is C[Si](C)(C)/C(I)=C/C=C(\I)[Si](C)(C)C.C[Si](C)(C)/C(I)=C/C=C(\I)[Si](C)(C)C. The first-order valence-electron chi connectivity index (χ1n) is 9.58. The molecular weight excluding hydrogens is 860 g/mol. The van der Waals surface area contributed by atoms with Crippen LogP contribution in [0, 0.1) is 0 Å². The third-order valence-corrected chi connectivity index (χ3v) is 30.9. The van der Waals surface area contributed by atoms with Crippen LogP contribution in [0.1, 0.15) is 0 Å². The topological polar surface area (TPSA) is 0 Å². The summed E-state index contributed by atoms with van der Waals surface area (Å²) in [5, 5.41) is 0. The molecule has 0 rings (SSSR count). The molecule has 0 aliphatic rings. The van der Waals surface area contributed by atoms with Crippen LogP contribution < -0.4 is 0 Å². The number of hydrogen-bond acceptors (Lipinski definition) is 0. The molecule has 0 heterocycles. The van der Waals surface area contributed by atoms with E-state index in [1.165, 1.54) is 0 Å². The van der Waals surface area contributed by atoms with Gasteiger partial charge in [0, 0.05) is 0 Å². The van der Waals surface area contributed by atoms with Crippen molar-refractivity contribution in [2.45, 2.75) is 78.6 Å². The van der Waals surface area contributed by atoms with Gasteiger partial charge >= 0.3 is 0 Å². The van der Waals surface area contributed by atoms with Gasteiger partial charge in [-0.3, -0.25) is 0 Å². The summed E-state index contributed by atoms with van der Waals surface area (Å²) >= 11 is 10.0. The molecule has 0 atom stereocenters. The molecule has 0 spiro atoms. The lowest BCUT2D eigenvalue weighted by atomic mass is 10.6. The normalized spacial score (nSPS) is 16.0. The van der Waals surface area contributed by atoms with E-state index in [1.807, 2.05) is 0 Å². The van der Waals surface area contributed by atoms with Gasteiger partial charge in [0.15, 0.2) is 0 Å². The molecule has 0 saturated heterocycles. The predicted molar refractivity (Wildman–Crippen MR) is 182 cm³/mol. The highest BCUT2D eigenvalue weighted by Crippen LogP contribution is 2.26. The van der Waals surface area contributed by atoms with E-state index in [2.05, 4.69) is 193 Å². The van der Waals surface area contributed by atoms with Crippen LogP contribution in [0.25, 0.3) is 0 Å². The highest BCUT2D eigenvalue weighted by atomic mass is 127. The molecule has 0 saturated carbocycles. The van der Waals surface area contributed by atoms with Crippen molar-refractivity contribution >= 4 is 123 Å². The highest BCUT2D eigenvalue weighted by Gasteiger charge is 2.19. The fraction of sp³-hybridized carbons (Fsp3) is 0.600.